The fourth-order valence-corrected chi connectivity index (χ4v) is 5.58. The predicted molar refractivity (Wildman–Crippen MR) is 131 cm³/mol. The highest BCUT2D eigenvalue weighted by Crippen LogP contribution is 2.40. The van der Waals surface area contributed by atoms with Crippen molar-refractivity contribution >= 4 is 17.8 Å². The molecule has 1 aliphatic carbocycles. The van der Waals surface area contributed by atoms with Gasteiger partial charge in [0.15, 0.2) is 0 Å². The van der Waals surface area contributed by atoms with Crippen molar-refractivity contribution < 1.29 is 28.6 Å². The van der Waals surface area contributed by atoms with Gasteiger partial charge in [-0.25, -0.2) is 9.69 Å². The monoisotopic (exact) mass is 495 g/mol. The molecule has 9 nitrogen and oxygen atoms in total. The van der Waals surface area contributed by atoms with Gasteiger partial charge in [-0.1, -0.05) is 0 Å². The van der Waals surface area contributed by atoms with Crippen LogP contribution in [-0.2, 0) is 28.6 Å². The first-order valence-corrected chi connectivity index (χ1v) is 13.3. The maximum atomic E-state index is 14.1. The van der Waals surface area contributed by atoms with Crippen LogP contribution in [0.4, 0.5) is 0 Å². The zero-order chi connectivity index (χ0) is 25.8. The fourth-order valence-electron chi connectivity index (χ4n) is 5.58. The van der Waals surface area contributed by atoms with E-state index in [1.807, 2.05) is 32.6 Å². The third kappa shape index (κ3) is 6.35. The van der Waals surface area contributed by atoms with Crippen LogP contribution in [0, 0.1) is 5.92 Å². The summed E-state index contributed by atoms with van der Waals surface area (Å²) >= 11 is 0. The average Bonchev–Trinajstić information content (AvgIpc) is 3.49. The Bertz CT molecular complexity index is 753. The quantitative estimate of drug-likeness (QED) is 0.475. The van der Waals surface area contributed by atoms with Crippen LogP contribution in [0.1, 0.15) is 79.1 Å². The predicted octanol–water partition coefficient (Wildman–Crippen LogP) is 2.77. The SMILES string of the molecule is CCOC(=O)C1CCC(OC(C(=O)OC(C)(C)C)(N2CCCC2)N2CCC[C@H]2C(=O)N(C)C)CC1. The van der Waals surface area contributed by atoms with Gasteiger partial charge in [-0.3, -0.25) is 14.5 Å². The van der Waals surface area contributed by atoms with Crippen LogP contribution in [0.5, 0.6) is 0 Å². The molecule has 9 heteroatoms. The van der Waals surface area contributed by atoms with Gasteiger partial charge >= 0.3 is 11.9 Å². The van der Waals surface area contributed by atoms with E-state index in [-0.39, 0.29) is 23.9 Å². The summed E-state index contributed by atoms with van der Waals surface area (Å²) in [5, 5.41) is 0. The molecule has 2 aliphatic heterocycles. The van der Waals surface area contributed by atoms with Crippen molar-refractivity contribution in [3.05, 3.63) is 0 Å². The third-order valence-electron chi connectivity index (χ3n) is 7.19. The van der Waals surface area contributed by atoms with Gasteiger partial charge in [-0.05, 0) is 79.1 Å². The molecule has 0 bridgehead atoms. The molecule has 2 saturated heterocycles. The molecule has 200 valence electrons. The van der Waals surface area contributed by atoms with Crippen molar-refractivity contribution in [3.63, 3.8) is 0 Å². The lowest BCUT2D eigenvalue weighted by Gasteiger charge is -2.49. The molecule has 1 amide bonds. The first-order valence-electron chi connectivity index (χ1n) is 13.3. The number of hydrogen-bond donors (Lipinski definition) is 0. The molecule has 0 aromatic carbocycles. The molecule has 3 rings (SSSR count). The molecule has 0 aromatic heterocycles. The Hall–Kier alpha value is -1.71. The number of amides is 1. The molecule has 3 aliphatic rings. The molecule has 2 atom stereocenters. The van der Waals surface area contributed by atoms with E-state index in [1.54, 1.807) is 19.0 Å². The third-order valence-corrected chi connectivity index (χ3v) is 7.19. The van der Waals surface area contributed by atoms with E-state index in [2.05, 4.69) is 4.90 Å². The number of carbonyl (C=O) groups excluding carboxylic acids is 3. The van der Waals surface area contributed by atoms with Gasteiger partial charge in [-0.15, -0.1) is 0 Å². The van der Waals surface area contributed by atoms with E-state index in [0.29, 0.717) is 58.3 Å². The highest BCUT2D eigenvalue weighted by Gasteiger charge is 2.59. The maximum absolute atomic E-state index is 14.1. The molecule has 2 heterocycles. The Morgan fingerprint density at radius 2 is 1.54 bits per heavy atom. The van der Waals surface area contributed by atoms with Crippen LogP contribution in [0.3, 0.4) is 0 Å². The van der Waals surface area contributed by atoms with E-state index in [9.17, 15) is 14.4 Å². The topological polar surface area (TPSA) is 88.6 Å². The van der Waals surface area contributed by atoms with Crippen molar-refractivity contribution in [1.29, 1.82) is 0 Å². The van der Waals surface area contributed by atoms with Gasteiger partial charge in [0, 0.05) is 33.7 Å². The Labute approximate surface area is 210 Å². The first-order chi connectivity index (χ1) is 16.5. The van der Waals surface area contributed by atoms with Crippen molar-refractivity contribution in [2.24, 2.45) is 5.92 Å². The standard InChI is InChI=1S/C26H45N3O6/c1-7-33-23(31)19-12-14-20(15-13-19)34-26(28-16-8-9-17-28,24(32)35-25(2,3)4)29-18-10-11-21(29)22(30)27(5)6/h19-21H,7-18H2,1-6H3/t19?,20?,21-,26?/m0/s1. The summed E-state index contributed by atoms with van der Waals surface area (Å²) in [6, 6.07) is -0.450. The number of rotatable bonds is 8. The minimum absolute atomic E-state index is 0.0238. The Morgan fingerprint density at radius 1 is 0.914 bits per heavy atom. The van der Waals surface area contributed by atoms with Gasteiger partial charge < -0.3 is 19.1 Å². The minimum Gasteiger partial charge on any atom is -0.466 e. The summed E-state index contributed by atoms with van der Waals surface area (Å²) in [7, 11) is 3.50. The minimum atomic E-state index is -1.46. The maximum Gasteiger partial charge on any atom is 0.371 e. The van der Waals surface area contributed by atoms with E-state index >= 15 is 0 Å². The van der Waals surface area contributed by atoms with Gasteiger partial charge in [0.1, 0.15) is 5.60 Å². The zero-order valence-corrected chi connectivity index (χ0v) is 22.5. The largest absolute Gasteiger partial charge is 0.466 e. The van der Waals surface area contributed by atoms with Crippen LogP contribution in [0.2, 0.25) is 0 Å². The highest BCUT2D eigenvalue weighted by molar-refractivity contribution is 5.84. The Kier molecular flexibility index (Phi) is 9.21. The number of ether oxygens (including phenoxy) is 3. The van der Waals surface area contributed by atoms with Gasteiger partial charge in [-0.2, -0.15) is 0 Å². The number of hydrogen-bond acceptors (Lipinski definition) is 8. The van der Waals surface area contributed by atoms with Crippen molar-refractivity contribution in [2.45, 2.75) is 103 Å². The van der Waals surface area contributed by atoms with E-state index in [4.69, 9.17) is 14.2 Å². The van der Waals surface area contributed by atoms with E-state index < -0.39 is 23.5 Å². The normalized spacial score (nSPS) is 27.9. The number of likely N-dealkylation sites (tertiary alicyclic amines) is 2. The second kappa shape index (κ2) is 11.6. The summed E-state index contributed by atoms with van der Waals surface area (Å²) in [6.45, 7) is 9.76. The molecule has 0 spiro atoms. The number of nitrogens with zero attached hydrogens (tertiary/aromatic N) is 3. The van der Waals surface area contributed by atoms with Crippen LogP contribution in [-0.4, -0.2) is 96.5 Å². The zero-order valence-electron chi connectivity index (χ0n) is 22.5. The van der Waals surface area contributed by atoms with Gasteiger partial charge in [0.05, 0.1) is 24.7 Å². The summed E-state index contributed by atoms with van der Waals surface area (Å²) in [6.07, 6.45) is 5.82. The molecule has 1 unspecified atom stereocenters. The first kappa shape index (κ1) is 27.9. The smallest absolute Gasteiger partial charge is 0.371 e. The average molecular weight is 496 g/mol. The number of carbonyl (C=O) groups is 3. The summed E-state index contributed by atoms with van der Waals surface area (Å²) in [5.41, 5.74) is -0.701. The van der Waals surface area contributed by atoms with Crippen molar-refractivity contribution in [1.82, 2.24) is 14.7 Å². The van der Waals surface area contributed by atoms with Crippen LogP contribution in [0.15, 0.2) is 0 Å². The highest BCUT2D eigenvalue weighted by atomic mass is 16.6. The summed E-state index contributed by atoms with van der Waals surface area (Å²) < 4.78 is 18.1. The lowest BCUT2D eigenvalue weighted by atomic mass is 9.87. The Morgan fingerprint density at radius 3 is 2.09 bits per heavy atom. The second-order valence-electron chi connectivity index (χ2n) is 11.2. The molecule has 0 radical (unpaired) electrons. The van der Waals surface area contributed by atoms with Gasteiger partial charge in [0.2, 0.25) is 5.91 Å². The van der Waals surface area contributed by atoms with Crippen molar-refractivity contribution in [3.8, 4) is 0 Å². The molecule has 0 N–H and O–H groups in total. The van der Waals surface area contributed by atoms with Gasteiger partial charge in [0.25, 0.3) is 5.85 Å². The Balaban J connectivity index is 1.94. The molecular weight excluding hydrogens is 450 g/mol. The summed E-state index contributed by atoms with van der Waals surface area (Å²) in [4.78, 5) is 45.2. The molecule has 35 heavy (non-hydrogen) atoms. The molecule has 3 fully saturated rings. The molecule has 0 aromatic rings. The van der Waals surface area contributed by atoms with Crippen LogP contribution < -0.4 is 0 Å². The molecular formula is C26H45N3O6. The molecule has 1 saturated carbocycles. The second-order valence-corrected chi connectivity index (χ2v) is 11.2. The number of esters is 2. The van der Waals surface area contributed by atoms with Crippen LogP contribution in [0.25, 0.3) is 0 Å². The number of likely N-dealkylation sites (N-methyl/N-ethyl adjacent to an activating group) is 1. The van der Waals surface area contributed by atoms with Crippen LogP contribution >= 0.6 is 0 Å². The lowest BCUT2D eigenvalue weighted by molar-refractivity contribution is -0.279. The fraction of sp³-hybridized carbons (Fsp3) is 0.885. The van der Waals surface area contributed by atoms with E-state index in [0.717, 1.165) is 19.3 Å². The lowest BCUT2D eigenvalue weighted by Crippen LogP contribution is -2.70. The summed E-state index contributed by atoms with van der Waals surface area (Å²) in [5.74, 6) is -2.22. The van der Waals surface area contributed by atoms with Crippen molar-refractivity contribution in [2.75, 3.05) is 40.3 Å². The van der Waals surface area contributed by atoms with E-state index in [1.165, 1.54) is 0 Å².